The maximum atomic E-state index is 5.87. The van der Waals surface area contributed by atoms with Crippen LogP contribution in [0.15, 0.2) is 18.2 Å². The number of rotatable bonds is 5. The number of ether oxygens (including phenoxy) is 1. The lowest BCUT2D eigenvalue weighted by Crippen LogP contribution is -2.16. The predicted molar refractivity (Wildman–Crippen MR) is 77.3 cm³/mol. The summed E-state index contributed by atoms with van der Waals surface area (Å²) >= 11 is 0. The van der Waals surface area contributed by atoms with Crippen LogP contribution in [-0.2, 0) is 4.74 Å². The minimum atomic E-state index is 0.356. The first-order valence-electron chi connectivity index (χ1n) is 7.01. The van der Waals surface area contributed by atoms with Gasteiger partial charge in [0.1, 0.15) is 5.82 Å². The molecule has 1 unspecified atom stereocenters. The lowest BCUT2D eigenvalue weighted by atomic mass is 10.2. The van der Waals surface area contributed by atoms with Gasteiger partial charge in [-0.15, -0.1) is 0 Å². The Bertz CT molecular complexity index is 586. The van der Waals surface area contributed by atoms with Gasteiger partial charge < -0.3 is 15.0 Å². The van der Waals surface area contributed by atoms with Crippen LogP contribution in [0, 0.1) is 0 Å². The third kappa shape index (κ3) is 2.21. The lowest BCUT2D eigenvalue weighted by molar-refractivity contribution is 0.153. The van der Waals surface area contributed by atoms with Gasteiger partial charge >= 0.3 is 0 Å². The molecule has 1 aromatic heterocycles. The Labute approximate surface area is 113 Å². The molecular formula is C15H21N3O. The van der Waals surface area contributed by atoms with E-state index >= 15 is 0 Å². The maximum absolute atomic E-state index is 5.87. The highest BCUT2D eigenvalue weighted by Crippen LogP contribution is 2.42. The van der Waals surface area contributed by atoms with Crippen molar-refractivity contribution < 1.29 is 4.74 Å². The number of nitrogens with two attached hydrogens (primary N) is 1. The van der Waals surface area contributed by atoms with Crippen LogP contribution in [0.1, 0.15) is 44.0 Å². The number of hydrogen-bond donors (Lipinski definition) is 1. The van der Waals surface area contributed by atoms with Crippen molar-refractivity contribution in [3.63, 3.8) is 0 Å². The predicted octanol–water partition coefficient (Wildman–Crippen LogP) is 3.09. The standard InChI is InChI=1S/C15H21N3O/c1-3-12(9-19-2)18-14-7-6-11(16)8-13(14)17-15(18)10-4-5-10/h6-8,10,12H,3-5,9,16H2,1-2H3. The molecule has 102 valence electrons. The van der Waals surface area contributed by atoms with E-state index in [-0.39, 0.29) is 0 Å². The second-order valence-electron chi connectivity index (χ2n) is 5.38. The zero-order chi connectivity index (χ0) is 13.4. The molecular weight excluding hydrogens is 238 g/mol. The smallest absolute Gasteiger partial charge is 0.113 e. The average Bonchev–Trinajstić information content (AvgIpc) is 3.18. The molecule has 0 aliphatic heterocycles. The van der Waals surface area contributed by atoms with Crippen molar-refractivity contribution in [1.82, 2.24) is 9.55 Å². The Morgan fingerprint density at radius 1 is 1.47 bits per heavy atom. The minimum absolute atomic E-state index is 0.356. The molecule has 0 spiro atoms. The quantitative estimate of drug-likeness (QED) is 0.839. The van der Waals surface area contributed by atoms with E-state index in [2.05, 4.69) is 17.6 Å². The monoisotopic (exact) mass is 259 g/mol. The Morgan fingerprint density at radius 3 is 2.89 bits per heavy atom. The van der Waals surface area contributed by atoms with Gasteiger partial charge in [0.25, 0.3) is 0 Å². The van der Waals surface area contributed by atoms with Crippen molar-refractivity contribution in [3.8, 4) is 0 Å². The highest BCUT2D eigenvalue weighted by molar-refractivity contribution is 5.80. The number of nitrogens with zero attached hydrogens (tertiary/aromatic N) is 2. The minimum Gasteiger partial charge on any atom is -0.399 e. The summed E-state index contributed by atoms with van der Waals surface area (Å²) in [5.41, 5.74) is 8.84. The van der Waals surface area contributed by atoms with Crippen LogP contribution in [0.5, 0.6) is 0 Å². The molecule has 19 heavy (non-hydrogen) atoms. The number of imidazole rings is 1. The molecule has 1 fully saturated rings. The highest BCUT2D eigenvalue weighted by Gasteiger charge is 2.31. The molecule has 1 aliphatic carbocycles. The van der Waals surface area contributed by atoms with Crippen LogP contribution in [0.3, 0.4) is 0 Å². The molecule has 0 radical (unpaired) electrons. The van der Waals surface area contributed by atoms with Crippen LogP contribution in [-0.4, -0.2) is 23.3 Å². The Hall–Kier alpha value is -1.55. The molecule has 0 amide bonds. The molecule has 2 aromatic rings. The molecule has 0 bridgehead atoms. The molecule has 1 atom stereocenters. The largest absolute Gasteiger partial charge is 0.399 e. The third-order valence-corrected chi connectivity index (χ3v) is 3.88. The topological polar surface area (TPSA) is 53.1 Å². The molecule has 4 heteroatoms. The second kappa shape index (κ2) is 4.85. The van der Waals surface area contributed by atoms with Crippen LogP contribution >= 0.6 is 0 Å². The van der Waals surface area contributed by atoms with E-state index in [1.54, 1.807) is 7.11 Å². The Kier molecular flexibility index (Phi) is 3.19. The van der Waals surface area contributed by atoms with E-state index in [1.807, 2.05) is 12.1 Å². The number of nitrogen functional groups attached to an aromatic ring is 1. The van der Waals surface area contributed by atoms with Gasteiger partial charge in [0.2, 0.25) is 0 Å². The van der Waals surface area contributed by atoms with Crippen molar-refractivity contribution >= 4 is 16.7 Å². The van der Waals surface area contributed by atoms with E-state index in [4.69, 9.17) is 15.5 Å². The number of hydrogen-bond acceptors (Lipinski definition) is 3. The summed E-state index contributed by atoms with van der Waals surface area (Å²) < 4.78 is 7.74. The van der Waals surface area contributed by atoms with Crippen LogP contribution in [0.4, 0.5) is 5.69 Å². The van der Waals surface area contributed by atoms with E-state index in [1.165, 1.54) is 24.2 Å². The Balaban J connectivity index is 2.15. The van der Waals surface area contributed by atoms with Crippen molar-refractivity contribution in [2.45, 2.75) is 38.1 Å². The first-order chi connectivity index (χ1) is 9.24. The number of methoxy groups -OCH3 is 1. The van der Waals surface area contributed by atoms with Gasteiger partial charge in [-0.3, -0.25) is 0 Å². The van der Waals surface area contributed by atoms with Crippen molar-refractivity contribution in [2.24, 2.45) is 0 Å². The Morgan fingerprint density at radius 2 is 2.26 bits per heavy atom. The summed E-state index contributed by atoms with van der Waals surface area (Å²) in [6.45, 7) is 2.93. The van der Waals surface area contributed by atoms with E-state index in [0.29, 0.717) is 12.0 Å². The number of benzene rings is 1. The van der Waals surface area contributed by atoms with Gasteiger partial charge in [0.15, 0.2) is 0 Å². The SMILES string of the molecule is CCC(COC)n1c(C2CC2)nc2cc(N)ccc21. The molecule has 4 nitrogen and oxygen atoms in total. The molecule has 2 N–H and O–H groups in total. The molecule has 1 aromatic carbocycles. The van der Waals surface area contributed by atoms with Gasteiger partial charge in [-0.2, -0.15) is 0 Å². The zero-order valence-electron chi connectivity index (χ0n) is 11.6. The van der Waals surface area contributed by atoms with Crippen molar-refractivity contribution in [1.29, 1.82) is 0 Å². The van der Waals surface area contributed by atoms with Crippen LogP contribution in [0.2, 0.25) is 0 Å². The van der Waals surface area contributed by atoms with Gasteiger partial charge in [-0.1, -0.05) is 6.92 Å². The summed E-state index contributed by atoms with van der Waals surface area (Å²) in [7, 11) is 1.76. The normalized spacial score (nSPS) is 16.9. The van der Waals surface area contributed by atoms with Gasteiger partial charge in [0, 0.05) is 18.7 Å². The molecule has 1 heterocycles. The second-order valence-corrected chi connectivity index (χ2v) is 5.38. The van der Waals surface area contributed by atoms with Gasteiger partial charge in [-0.25, -0.2) is 4.98 Å². The van der Waals surface area contributed by atoms with Crippen LogP contribution in [0.25, 0.3) is 11.0 Å². The highest BCUT2D eigenvalue weighted by atomic mass is 16.5. The summed E-state index contributed by atoms with van der Waals surface area (Å²) in [6.07, 6.45) is 3.55. The third-order valence-electron chi connectivity index (χ3n) is 3.88. The first-order valence-corrected chi connectivity index (χ1v) is 7.01. The first kappa shape index (κ1) is 12.5. The number of fused-ring (bicyclic) bond motifs is 1. The average molecular weight is 259 g/mol. The fourth-order valence-electron chi connectivity index (χ4n) is 2.72. The molecule has 3 rings (SSSR count). The summed E-state index contributed by atoms with van der Waals surface area (Å²) in [6, 6.07) is 6.37. The van der Waals surface area contributed by atoms with Gasteiger partial charge in [-0.05, 0) is 37.5 Å². The summed E-state index contributed by atoms with van der Waals surface area (Å²) in [4.78, 5) is 4.81. The fraction of sp³-hybridized carbons (Fsp3) is 0.533. The number of anilines is 1. The molecule has 1 saturated carbocycles. The van der Waals surface area contributed by atoms with E-state index in [9.17, 15) is 0 Å². The van der Waals surface area contributed by atoms with E-state index < -0.39 is 0 Å². The van der Waals surface area contributed by atoms with Crippen molar-refractivity contribution in [2.75, 3.05) is 19.5 Å². The summed E-state index contributed by atoms with van der Waals surface area (Å²) in [5.74, 6) is 1.84. The van der Waals surface area contributed by atoms with Crippen molar-refractivity contribution in [3.05, 3.63) is 24.0 Å². The number of aromatic nitrogens is 2. The molecule has 1 aliphatic rings. The van der Waals surface area contributed by atoms with E-state index in [0.717, 1.165) is 24.2 Å². The van der Waals surface area contributed by atoms with Crippen LogP contribution < -0.4 is 5.73 Å². The molecule has 0 saturated heterocycles. The lowest BCUT2D eigenvalue weighted by Gasteiger charge is -2.19. The fourth-order valence-corrected chi connectivity index (χ4v) is 2.72. The maximum Gasteiger partial charge on any atom is 0.113 e. The zero-order valence-corrected chi connectivity index (χ0v) is 11.6. The van der Waals surface area contributed by atoms with Gasteiger partial charge in [0.05, 0.1) is 23.7 Å². The summed E-state index contributed by atoms with van der Waals surface area (Å²) in [5, 5.41) is 0.